The van der Waals surface area contributed by atoms with Crippen LogP contribution < -0.4 is 0 Å². The van der Waals surface area contributed by atoms with Gasteiger partial charge < -0.3 is 0 Å². The summed E-state index contributed by atoms with van der Waals surface area (Å²) in [6.07, 6.45) is 0. The minimum atomic E-state index is 0.520. The Morgan fingerprint density at radius 2 is 0.978 bits per heavy atom. The summed E-state index contributed by atoms with van der Waals surface area (Å²) in [7, 11) is 0. The fourth-order valence-electron chi connectivity index (χ4n) is 5.73. The molecule has 0 saturated carbocycles. The van der Waals surface area contributed by atoms with Crippen molar-refractivity contribution >= 4 is 16.3 Å². The zero-order valence-corrected chi connectivity index (χ0v) is 24.0. The van der Waals surface area contributed by atoms with Crippen molar-refractivity contribution in [3.63, 3.8) is 0 Å². The Bertz CT molecular complexity index is 2300. The molecule has 0 radical (unpaired) electrons. The van der Waals surface area contributed by atoms with E-state index in [4.69, 9.17) is 20.1 Å². The van der Waals surface area contributed by atoms with Crippen LogP contribution in [0.25, 0.3) is 73.0 Å². The summed E-state index contributed by atoms with van der Waals surface area (Å²) >= 11 is 0. The number of fused-ring (bicyclic) bond motifs is 3. The summed E-state index contributed by atoms with van der Waals surface area (Å²) < 4.78 is 1.90. The Kier molecular flexibility index (Phi) is 6.40. The molecule has 6 heteroatoms. The van der Waals surface area contributed by atoms with E-state index >= 15 is 0 Å². The van der Waals surface area contributed by atoms with E-state index in [2.05, 4.69) is 36.4 Å². The van der Waals surface area contributed by atoms with Gasteiger partial charge in [0.2, 0.25) is 0 Å². The third-order valence-corrected chi connectivity index (χ3v) is 7.90. The molecule has 0 spiro atoms. The summed E-state index contributed by atoms with van der Waals surface area (Å²) in [5.74, 6) is 1.74. The van der Waals surface area contributed by atoms with Crippen molar-refractivity contribution in [2.24, 2.45) is 0 Å². The molecule has 0 atom stereocenters. The third-order valence-electron chi connectivity index (χ3n) is 7.90. The van der Waals surface area contributed by atoms with Crippen LogP contribution in [-0.4, -0.2) is 24.6 Å². The molecule has 3 heterocycles. The normalized spacial score (nSPS) is 11.1. The molecule has 0 fully saturated rings. The average molecular weight is 577 g/mol. The summed E-state index contributed by atoms with van der Waals surface area (Å²) in [5, 5.41) is 17.5. The number of hydrogen-bond donors (Lipinski definition) is 0. The highest BCUT2D eigenvalue weighted by Crippen LogP contribution is 2.36. The number of hydrogen-bond acceptors (Lipinski definition) is 5. The molecule has 0 amide bonds. The van der Waals surface area contributed by atoms with Crippen molar-refractivity contribution in [1.82, 2.24) is 24.6 Å². The molecule has 45 heavy (non-hydrogen) atoms. The molecule has 0 aliphatic heterocycles. The van der Waals surface area contributed by atoms with Gasteiger partial charge in [-0.2, -0.15) is 10.4 Å². The van der Waals surface area contributed by atoms with E-state index in [9.17, 15) is 5.26 Å². The van der Waals surface area contributed by atoms with E-state index < -0.39 is 0 Å². The first-order valence-corrected chi connectivity index (χ1v) is 14.6. The number of benzene rings is 5. The zero-order chi connectivity index (χ0) is 30.2. The van der Waals surface area contributed by atoms with Gasteiger partial charge >= 0.3 is 0 Å². The van der Waals surface area contributed by atoms with Gasteiger partial charge in [0.05, 0.1) is 11.2 Å². The van der Waals surface area contributed by atoms with E-state index in [1.54, 1.807) is 0 Å². The van der Waals surface area contributed by atoms with Gasteiger partial charge in [-0.25, -0.2) is 19.5 Å². The molecule has 6 nitrogen and oxygen atoms in total. The minimum absolute atomic E-state index is 0.520. The predicted octanol–water partition coefficient (Wildman–Crippen LogP) is 8.88. The van der Waals surface area contributed by atoms with Crippen molar-refractivity contribution in [3.8, 4) is 62.7 Å². The molecule has 0 bridgehead atoms. The van der Waals surface area contributed by atoms with Crippen LogP contribution >= 0.6 is 0 Å². The Labute approximate surface area is 259 Å². The summed E-state index contributed by atoms with van der Waals surface area (Å²) in [5.41, 5.74) is 7.35. The first kappa shape index (κ1) is 26.2. The minimum Gasteiger partial charge on any atom is -0.230 e. The van der Waals surface area contributed by atoms with Crippen molar-refractivity contribution in [2.75, 3.05) is 0 Å². The Morgan fingerprint density at radius 1 is 0.489 bits per heavy atom. The van der Waals surface area contributed by atoms with Gasteiger partial charge in [0.15, 0.2) is 17.5 Å². The molecule has 0 N–H and O–H groups in total. The summed E-state index contributed by atoms with van der Waals surface area (Å²) in [4.78, 5) is 14.7. The number of nitrogens with zero attached hydrogens (tertiary/aromatic N) is 6. The predicted molar refractivity (Wildman–Crippen MR) is 178 cm³/mol. The maximum Gasteiger partial charge on any atom is 0.164 e. The van der Waals surface area contributed by atoms with E-state index in [1.807, 2.05) is 120 Å². The molecular weight excluding hydrogens is 552 g/mol. The summed E-state index contributed by atoms with van der Waals surface area (Å²) in [6.45, 7) is 0. The molecular formula is C39H24N6. The topological polar surface area (TPSA) is 79.8 Å². The van der Waals surface area contributed by atoms with Crippen LogP contribution in [0.5, 0.6) is 0 Å². The van der Waals surface area contributed by atoms with Gasteiger partial charge in [-0.3, -0.25) is 0 Å². The zero-order valence-electron chi connectivity index (χ0n) is 24.0. The quantitative estimate of drug-likeness (QED) is 0.204. The lowest BCUT2D eigenvalue weighted by atomic mass is 10.0. The lowest BCUT2D eigenvalue weighted by Gasteiger charge is -2.12. The van der Waals surface area contributed by atoms with Crippen molar-refractivity contribution in [1.29, 1.82) is 5.26 Å². The van der Waals surface area contributed by atoms with E-state index in [0.717, 1.165) is 49.8 Å². The molecule has 8 aromatic rings. The molecule has 0 aliphatic carbocycles. The number of rotatable bonds is 5. The van der Waals surface area contributed by atoms with Crippen molar-refractivity contribution in [2.45, 2.75) is 0 Å². The fourth-order valence-corrected chi connectivity index (χ4v) is 5.73. The molecule has 8 rings (SSSR count). The fraction of sp³-hybridized carbons (Fsp3) is 0. The van der Waals surface area contributed by atoms with Gasteiger partial charge in [0, 0.05) is 33.2 Å². The largest absolute Gasteiger partial charge is 0.230 e. The van der Waals surface area contributed by atoms with Crippen LogP contribution in [0.1, 0.15) is 5.56 Å². The molecule has 3 aromatic heterocycles. The van der Waals surface area contributed by atoms with Crippen LogP contribution in [-0.2, 0) is 0 Å². The van der Waals surface area contributed by atoms with E-state index in [-0.39, 0.29) is 0 Å². The standard InChI is InChI=1S/C39H24N6/c40-25-33-35(27-15-7-2-8-16-27)44-45-34(26-13-5-1-6-14-26)24-30-21-22-31(23-32(30)36(33)45)39-42-37(28-17-9-3-10-18-28)41-38(43-39)29-19-11-4-12-20-29/h1-24H. The molecule has 0 unspecified atom stereocenters. The highest BCUT2D eigenvalue weighted by Gasteiger charge is 2.21. The van der Waals surface area contributed by atoms with Gasteiger partial charge in [0.1, 0.15) is 17.3 Å². The second kappa shape index (κ2) is 11.0. The highest BCUT2D eigenvalue weighted by atomic mass is 15.2. The second-order valence-corrected chi connectivity index (χ2v) is 10.7. The smallest absolute Gasteiger partial charge is 0.164 e. The van der Waals surface area contributed by atoms with Gasteiger partial charge in [-0.05, 0) is 17.5 Å². The monoisotopic (exact) mass is 576 g/mol. The molecule has 0 aliphatic rings. The average Bonchev–Trinajstić information content (AvgIpc) is 3.52. The second-order valence-electron chi connectivity index (χ2n) is 10.7. The van der Waals surface area contributed by atoms with Crippen LogP contribution in [0.2, 0.25) is 0 Å². The van der Waals surface area contributed by atoms with Crippen LogP contribution in [0.4, 0.5) is 0 Å². The highest BCUT2D eigenvalue weighted by molar-refractivity contribution is 6.04. The number of pyridine rings is 1. The molecule has 5 aromatic carbocycles. The number of aromatic nitrogens is 5. The van der Waals surface area contributed by atoms with Crippen LogP contribution in [0.3, 0.4) is 0 Å². The maximum absolute atomic E-state index is 10.6. The van der Waals surface area contributed by atoms with E-state index in [0.29, 0.717) is 28.7 Å². The Morgan fingerprint density at radius 3 is 1.51 bits per heavy atom. The van der Waals surface area contributed by atoms with E-state index in [1.165, 1.54) is 0 Å². The first-order chi connectivity index (χ1) is 22.3. The van der Waals surface area contributed by atoms with Crippen LogP contribution in [0.15, 0.2) is 146 Å². The lowest BCUT2D eigenvalue weighted by Crippen LogP contribution is -2.00. The van der Waals surface area contributed by atoms with Crippen molar-refractivity contribution in [3.05, 3.63) is 151 Å². The van der Waals surface area contributed by atoms with Crippen molar-refractivity contribution < 1.29 is 0 Å². The maximum atomic E-state index is 10.6. The SMILES string of the molecule is N#Cc1c(-c2ccccc2)nn2c(-c3ccccc3)cc3ccc(-c4nc(-c5ccccc5)nc(-c5ccccc5)n4)cc3c12. The first-order valence-electron chi connectivity index (χ1n) is 14.6. The number of nitriles is 1. The van der Waals surface area contributed by atoms with Gasteiger partial charge in [0.25, 0.3) is 0 Å². The summed E-state index contributed by atoms with van der Waals surface area (Å²) in [6, 6.07) is 50.6. The molecule has 0 saturated heterocycles. The molecule has 210 valence electrons. The van der Waals surface area contributed by atoms with Crippen LogP contribution in [0, 0.1) is 11.3 Å². The third kappa shape index (κ3) is 4.69. The van der Waals surface area contributed by atoms with Gasteiger partial charge in [-0.1, -0.05) is 133 Å². The Hall–Kier alpha value is -6.45. The lowest BCUT2D eigenvalue weighted by molar-refractivity contribution is 0.979. The van der Waals surface area contributed by atoms with Gasteiger partial charge in [-0.15, -0.1) is 0 Å². The Balaban J connectivity index is 1.41.